The Morgan fingerprint density at radius 3 is 0.892 bits per heavy atom. The summed E-state index contributed by atoms with van der Waals surface area (Å²) in [5.74, 6) is -0.483. The maximum Gasteiger partial charge on any atom is 2.00 e. The molecule has 2 aromatic carbocycles. The normalized spacial score (nSPS) is 16.6. The summed E-state index contributed by atoms with van der Waals surface area (Å²) in [5, 5.41) is 17.2. The van der Waals surface area contributed by atoms with Gasteiger partial charge in [0.25, 0.3) is 0 Å². The molecule has 0 spiro atoms. The van der Waals surface area contributed by atoms with Crippen LogP contribution in [0, 0.1) is 34.6 Å². The zero-order valence-corrected chi connectivity index (χ0v) is 26.2. The summed E-state index contributed by atoms with van der Waals surface area (Å²) in [4.78, 5) is 0. The van der Waals surface area contributed by atoms with Gasteiger partial charge in [0.1, 0.15) is 23.1 Å². The van der Waals surface area contributed by atoms with Crippen LogP contribution in [0.3, 0.4) is 0 Å². The fourth-order valence-corrected chi connectivity index (χ4v) is 3.69. The predicted molar refractivity (Wildman–Crippen MR) is 145 cm³/mol. The van der Waals surface area contributed by atoms with Crippen molar-refractivity contribution in [3.8, 4) is 11.5 Å². The average molecular weight is 586 g/mol. The van der Waals surface area contributed by atoms with Crippen molar-refractivity contribution in [2.75, 3.05) is 0 Å². The number of aromatic hydroxyl groups is 2. The third kappa shape index (κ3) is 10.9. The maximum atomic E-state index is 12.0. The standard InChI is InChI=1S/2C10H15.2C6H5FO.Zr/c2*1-7-6-10(4,5)9(3)8(7)2;2*7-5-1-3-6(8)4-2-5;/h2*1-5H3;2*1-4,8H;/q2*-1;;;+2. The van der Waals surface area contributed by atoms with E-state index >= 15 is 0 Å². The van der Waals surface area contributed by atoms with Gasteiger partial charge < -0.3 is 10.2 Å². The molecule has 0 fully saturated rings. The molecule has 0 unspecified atom stereocenters. The van der Waals surface area contributed by atoms with Gasteiger partial charge in [-0.2, -0.15) is 22.3 Å². The average Bonchev–Trinajstić information content (AvgIpc) is 3.09. The van der Waals surface area contributed by atoms with Crippen LogP contribution < -0.4 is 0 Å². The van der Waals surface area contributed by atoms with Gasteiger partial charge in [-0.05, 0) is 48.5 Å². The number of phenolic OH excluding ortho intramolecular Hbond substituents is 2. The van der Waals surface area contributed by atoms with Crippen LogP contribution in [0.1, 0.15) is 69.2 Å². The van der Waals surface area contributed by atoms with Gasteiger partial charge in [0, 0.05) is 0 Å². The second-order valence-corrected chi connectivity index (χ2v) is 10.2. The number of allylic oxidation sites excluding steroid dienone is 8. The van der Waals surface area contributed by atoms with Crippen LogP contribution in [0.15, 0.2) is 82.0 Å². The summed E-state index contributed by atoms with van der Waals surface area (Å²) in [6.07, 6.45) is 6.87. The summed E-state index contributed by atoms with van der Waals surface area (Å²) in [6, 6.07) is 10.0. The van der Waals surface area contributed by atoms with E-state index in [1.54, 1.807) is 0 Å². The van der Waals surface area contributed by atoms with Crippen molar-refractivity contribution in [2.24, 2.45) is 10.8 Å². The Morgan fingerprint density at radius 2 is 0.784 bits per heavy atom. The zero-order chi connectivity index (χ0) is 27.8. The first-order chi connectivity index (χ1) is 16.5. The Morgan fingerprint density at radius 1 is 0.541 bits per heavy atom. The molecule has 0 saturated carbocycles. The maximum absolute atomic E-state index is 12.0. The van der Waals surface area contributed by atoms with Crippen molar-refractivity contribution >= 4 is 0 Å². The summed E-state index contributed by atoms with van der Waals surface area (Å²) in [6.45, 7) is 21.8. The fourth-order valence-electron chi connectivity index (χ4n) is 3.69. The molecule has 0 aromatic heterocycles. The van der Waals surface area contributed by atoms with Crippen molar-refractivity contribution in [2.45, 2.75) is 69.2 Å². The molecule has 0 atom stereocenters. The van der Waals surface area contributed by atoms with Gasteiger partial charge in [0.2, 0.25) is 0 Å². The Labute approximate surface area is 241 Å². The third-order valence-electron chi connectivity index (χ3n) is 6.78. The first-order valence-electron chi connectivity index (χ1n) is 12.0. The van der Waals surface area contributed by atoms with Crippen molar-refractivity contribution in [1.82, 2.24) is 0 Å². The molecule has 0 saturated heterocycles. The van der Waals surface area contributed by atoms with Crippen LogP contribution in [0.2, 0.25) is 0 Å². The van der Waals surface area contributed by atoms with Gasteiger partial charge in [-0.15, -0.1) is 13.8 Å². The summed E-state index contributed by atoms with van der Waals surface area (Å²) in [5.41, 5.74) is 8.79. The first kappa shape index (κ1) is 34.7. The molecule has 0 bridgehead atoms. The van der Waals surface area contributed by atoms with Gasteiger partial charge in [0.05, 0.1) is 0 Å². The van der Waals surface area contributed by atoms with E-state index in [1.807, 2.05) is 0 Å². The largest absolute Gasteiger partial charge is 2.00 e. The molecule has 0 aliphatic heterocycles. The van der Waals surface area contributed by atoms with E-state index < -0.39 is 0 Å². The summed E-state index contributed by atoms with van der Waals surface area (Å²) < 4.78 is 24.0. The Hall–Kier alpha value is -2.26. The summed E-state index contributed by atoms with van der Waals surface area (Å²) in [7, 11) is 0. The fraction of sp³-hybridized carbons (Fsp3) is 0.375. The van der Waals surface area contributed by atoms with Crippen LogP contribution in [0.25, 0.3) is 0 Å². The third-order valence-corrected chi connectivity index (χ3v) is 6.78. The van der Waals surface area contributed by atoms with Crippen molar-refractivity contribution in [3.05, 3.63) is 106 Å². The molecule has 2 N–H and O–H groups in total. The number of phenols is 2. The second kappa shape index (κ2) is 14.6. The smallest absolute Gasteiger partial charge is 0.508 e. The van der Waals surface area contributed by atoms with E-state index in [2.05, 4.69) is 81.4 Å². The molecule has 2 aliphatic carbocycles. The zero-order valence-electron chi connectivity index (χ0n) is 23.8. The van der Waals surface area contributed by atoms with Crippen LogP contribution >= 0.6 is 0 Å². The van der Waals surface area contributed by atoms with Gasteiger partial charge >= 0.3 is 26.2 Å². The van der Waals surface area contributed by atoms with E-state index in [9.17, 15) is 8.78 Å². The van der Waals surface area contributed by atoms with E-state index in [-0.39, 0.29) is 60.2 Å². The number of rotatable bonds is 0. The molecule has 2 aliphatic rings. The van der Waals surface area contributed by atoms with Crippen molar-refractivity contribution in [3.63, 3.8) is 0 Å². The van der Waals surface area contributed by atoms with E-state index in [0.717, 1.165) is 0 Å². The summed E-state index contributed by atoms with van der Waals surface area (Å²) >= 11 is 0. The number of halogens is 2. The SMILES string of the molecule is CC1=[C-]C(C)(C)C(C)=C1C.CC1=[C-]C(C)(C)C(C)=C1C.Oc1ccc(F)cc1.Oc1ccc(F)cc1.[Zr+2]. The number of benzene rings is 2. The quantitative estimate of drug-likeness (QED) is 0.303. The Bertz CT molecular complexity index is 1010. The molecule has 37 heavy (non-hydrogen) atoms. The number of hydrogen-bond donors (Lipinski definition) is 2. The minimum atomic E-state index is -0.331. The molecule has 2 nitrogen and oxygen atoms in total. The number of hydrogen-bond acceptors (Lipinski definition) is 2. The van der Waals surface area contributed by atoms with Crippen LogP contribution in [-0.4, -0.2) is 10.2 Å². The predicted octanol–water partition coefficient (Wildman–Crippen LogP) is 9.28. The van der Waals surface area contributed by atoms with E-state index in [1.165, 1.54) is 82.0 Å². The monoisotopic (exact) mass is 584 g/mol. The first-order valence-corrected chi connectivity index (χ1v) is 12.0. The molecule has 198 valence electrons. The topological polar surface area (TPSA) is 40.5 Å². The van der Waals surface area contributed by atoms with Gasteiger partial charge in [-0.25, -0.2) is 19.9 Å². The minimum absolute atomic E-state index is 0. The molecule has 4 rings (SSSR count). The molecule has 5 heteroatoms. The van der Waals surface area contributed by atoms with Crippen LogP contribution in [0.5, 0.6) is 11.5 Å². The molecular weight excluding hydrogens is 546 g/mol. The molecule has 0 heterocycles. The molecule has 2 aromatic rings. The minimum Gasteiger partial charge on any atom is -0.508 e. The second-order valence-electron chi connectivity index (χ2n) is 10.2. The van der Waals surface area contributed by atoms with Gasteiger partial charge in [-0.1, -0.05) is 66.2 Å². The van der Waals surface area contributed by atoms with Crippen LogP contribution in [-0.2, 0) is 26.2 Å². The van der Waals surface area contributed by atoms with Gasteiger partial charge in [-0.3, -0.25) is 12.2 Å². The molecule has 0 radical (unpaired) electrons. The van der Waals surface area contributed by atoms with E-state index in [4.69, 9.17) is 10.2 Å². The molecular formula is C32H40F2O2Zr. The molecule has 0 amide bonds. The van der Waals surface area contributed by atoms with Gasteiger partial charge in [0.15, 0.2) is 0 Å². The van der Waals surface area contributed by atoms with Crippen molar-refractivity contribution < 1.29 is 45.2 Å². The Balaban J connectivity index is 0.000000465. The Kier molecular flexibility index (Phi) is 13.7. The van der Waals surface area contributed by atoms with Crippen LogP contribution in [0.4, 0.5) is 8.78 Å². The van der Waals surface area contributed by atoms with E-state index in [0.29, 0.717) is 0 Å². The van der Waals surface area contributed by atoms with Crippen molar-refractivity contribution in [1.29, 1.82) is 0 Å².